The van der Waals surface area contributed by atoms with Gasteiger partial charge in [0.2, 0.25) is 35.4 Å². The molecule has 0 radical (unpaired) electrons. The fourth-order valence-corrected chi connectivity index (χ4v) is 13.9. The molecule has 108 heavy (non-hydrogen) atoms. The molecule has 7 atom stereocenters. The summed E-state index contributed by atoms with van der Waals surface area (Å²) in [5.74, 6) is -6.35. The number of hydrogen-bond donors (Lipinski definition) is 12. The molecule has 638 valence electrons. The standard InChI is InChI=1S/C81H156N10O13S.3ClH/c1-4-7-10-13-16-19-22-25-28-31-34-37-40-55-73(93)86-72(65-105-64-66(104-75(95)57-42-39-36-33-30-27-24-21-18-15-12-9-6-3)63-103-74(94)56-41-38-35-32-29-26-23-20-17-14-11-8-5-2)80(100)91-71(62-92)79(99)89-68(52-44-48-59-83)77(97)87-67(51-43-47-58-82)76(96)88-69(53-45-49-60-84)78(98)90-70(81(101)102)54-46-50-61-85;;;/h66-72,92H,4-65,82-85H2,1-3H3,(H,86,93)(H,87,97)(H,88,96)(H,89,99)(H,90,98)(H,91,100)(H,101,102);3*1H/t66?,67-,68-,69-,70-,71-,72-;;;/m0.../s1. The van der Waals surface area contributed by atoms with Crippen LogP contribution in [0.25, 0.3) is 0 Å². The fourth-order valence-electron chi connectivity index (χ4n) is 12.9. The third-order valence-electron chi connectivity index (χ3n) is 19.6. The Hall–Kier alpha value is -3.75. The lowest BCUT2D eigenvalue weighted by Gasteiger charge is -2.27. The second-order valence-corrected chi connectivity index (χ2v) is 30.5. The number of unbranched alkanes of at least 4 members (excludes halogenated alkanes) is 40. The number of aliphatic hydroxyl groups is 1. The largest absolute Gasteiger partial charge is 0.480 e. The second-order valence-electron chi connectivity index (χ2n) is 29.4. The SMILES string of the molecule is CCCCCCCCCCCCCCCC(=O)N[C@@H](CSCC(COC(=O)CCCCCCCCCCCCCCC)OC(=O)CCCCCCCCCCCCCCC)C(=O)N[C@@H](CO)C(=O)N[C@@H](CCCCN)C(=O)N[C@@H](CCCCN)C(=O)N[C@@H](CCCCN)C(=O)N[C@@H](CCCCN)C(=O)O.Cl.Cl.Cl. The Morgan fingerprint density at radius 1 is 0.315 bits per heavy atom. The minimum atomic E-state index is -1.62. The van der Waals surface area contributed by atoms with Crippen LogP contribution in [0.3, 0.4) is 0 Å². The first-order chi connectivity index (χ1) is 51.0. The number of thioether (sulfide) groups is 1. The second kappa shape index (κ2) is 81.3. The predicted octanol–water partition coefficient (Wildman–Crippen LogP) is 14.4. The van der Waals surface area contributed by atoms with Crippen LogP contribution in [0.2, 0.25) is 0 Å². The van der Waals surface area contributed by atoms with Crippen molar-refractivity contribution in [3.8, 4) is 0 Å². The van der Waals surface area contributed by atoms with E-state index in [1.165, 1.54) is 179 Å². The van der Waals surface area contributed by atoms with E-state index in [1.807, 2.05) is 0 Å². The first kappa shape index (κ1) is 111. The summed E-state index contributed by atoms with van der Waals surface area (Å²) in [5, 5.41) is 36.9. The highest BCUT2D eigenvalue weighted by molar-refractivity contribution is 7.99. The van der Waals surface area contributed by atoms with E-state index in [9.17, 15) is 53.4 Å². The minimum Gasteiger partial charge on any atom is -0.480 e. The van der Waals surface area contributed by atoms with Gasteiger partial charge < -0.3 is 74.5 Å². The molecule has 0 aliphatic carbocycles. The van der Waals surface area contributed by atoms with Gasteiger partial charge in [0.05, 0.1) is 6.61 Å². The quantitative estimate of drug-likeness (QED) is 0.0199. The Morgan fingerprint density at radius 2 is 0.583 bits per heavy atom. The first-order valence-corrected chi connectivity index (χ1v) is 43.6. The molecule has 0 bridgehead atoms. The van der Waals surface area contributed by atoms with Gasteiger partial charge in [-0.25, -0.2) is 4.79 Å². The number of rotatable bonds is 78. The molecule has 1 unspecified atom stereocenters. The molecular weight excluding hydrogens is 1460 g/mol. The highest BCUT2D eigenvalue weighted by Gasteiger charge is 2.34. The number of aliphatic carboxylic acids is 1. The smallest absolute Gasteiger partial charge is 0.326 e. The lowest BCUT2D eigenvalue weighted by atomic mass is 10.0. The summed E-state index contributed by atoms with van der Waals surface area (Å²) in [6, 6.07) is -7.86. The van der Waals surface area contributed by atoms with Crippen molar-refractivity contribution < 1.29 is 62.8 Å². The van der Waals surface area contributed by atoms with Gasteiger partial charge in [-0.15, -0.1) is 37.2 Å². The Bertz CT molecular complexity index is 2190. The third-order valence-corrected chi connectivity index (χ3v) is 20.7. The summed E-state index contributed by atoms with van der Waals surface area (Å²) in [6.45, 7) is 6.81. The summed E-state index contributed by atoms with van der Waals surface area (Å²) >= 11 is 1.20. The number of aliphatic hydroxyl groups excluding tert-OH is 1. The van der Waals surface area contributed by atoms with Crippen LogP contribution in [0, 0.1) is 0 Å². The van der Waals surface area contributed by atoms with E-state index < -0.39 is 96.3 Å². The Balaban J connectivity index is -0.0000180. The van der Waals surface area contributed by atoms with Crippen LogP contribution in [0.4, 0.5) is 0 Å². The highest BCUT2D eigenvalue weighted by Crippen LogP contribution is 2.20. The van der Waals surface area contributed by atoms with Crippen molar-refractivity contribution in [1.82, 2.24) is 31.9 Å². The normalized spacial score (nSPS) is 13.0. The van der Waals surface area contributed by atoms with Crippen molar-refractivity contribution in [2.75, 3.05) is 50.9 Å². The van der Waals surface area contributed by atoms with Crippen LogP contribution in [0.1, 0.15) is 367 Å². The van der Waals surface area contributed by atoms with E-state index in [0.717, 1.165) is 64.2 Å². The Morgan fingerprint density at radius 3 is 0.898 bits per heavy atom. The number of amides is 6. The number of esters is 2. The average Bonchev–Trinajstić information content (AvgIpc) is 0.862. The molecule has 0 heterocycles. The molecule has 0 aliphatic heterocycles. The molecule has 0 aromatic carbocycles. The zero-order valence-corrected chi connectivity index (χ0v) is 71.0. The maximum atomic E-state index is 14.5. The van der Waals surface area contributed by atoms with E-state index in [2.05, 4.69) is 52.7 Å². The van der Waals surface area contributed by atoms with Crippen LogP contribution in [-0.2, 0) is 52.6 Å². The average molecular weight is 1620 g/mol. The van der Waals surface area contributed by atoms with Gasteiger partial charge in [0, 0.05) is 30.8 Å². The number of halogens is 3. The van der Waals surface area contributed by atoms with Crippen molar-refractivity contribution in [2.24, 2.45) is 22.9 Å². The number of carbonyl (C=O) groups is 9. The molecule has 0 aliphatic rings. The van der Waals surface area contributed by atoms with E-state index in [4.69, 9.17) is 32.4 Å². The molecule has 0 spiro atoms. The van der Waals surface area contributed by atoms with Crippen LogP contribution in [0.15, 0.2) is 0 Å². The maximum Gasteiger partial charge on any atom is 0.326 e. The number of carbonyl (C=O) groups excluding carboxylic acids is 8. The van der Waals surface area contributed by atoms with Gasteiger partial charge >= 0.3 is 17.9 Å². The van der Waals surface area contributed by atoms with E-state index >= 15 is 0 Å². The Kier molecular flexibility index (Phi) is 83.2. The van der Waals surface area contributed by atoms with E-state index in [-0.39, 0.29) is 119 Å². The molecule has 0 aromatic heterocycles. The van der Waals surface area contributed by atoms with Crippen LogP contribution >= 0.6 is 49.0 Å². The molecule has 6 amide bonds. The van der Waals surface area contributed by atoms with Gasteiger partial charge in [0.1, 0.15) is 49.0 Å². The molecule has 0 fully saturated rings. The number of carboxylic acid groups (broad SMARTS) is 1. The van der Waals surface area contributed by atoms with Gasteiger partial charge in [0.25, 0.3) is 0 Å². The highest BCUT2D eigenvalue weighted by atomic mass is 35.5. The number of hydrogen-bond acceptors (Lipinski definition) is 17. The lowest BCUT2D eigenvalue weighted by molar-refractivity contribution is -0.157. The molecule has 0 saturated heterocycles. The van der Waals surface area contributed by atoms with Crippen molar-refractivity contribution in [2.45, 2.75) is 410 Å². The van der Waals surface area contributed by atoms with Crippen LogP contribution in [0.5, 0.6) is 0 Å². The molecular formula is C81H159Cl3N10O13S. The summed E-state index contributed by atoms with van der Waals surface area (Å²) in [6.07, 6.45) is 48.7. The zero-order chi connectivity index (χ0) is 77.4. The van der Waals surface area contributed by atoms with Crippen LogP contribution < -0.4 is 54.8 Å². The summed E-state index contributed by atoms with van der Waals surface area (Å²) in [5.41, 5.74) is 23.1. The zero-order valence-electron chi connectivity index (χ0n) is 67.7. The number of ether oxygens (including phenoxy) is 2. The maximum absolute atomic E-state index is 14.5. The molecule has 0 saturated carbocycles. The number of nitrogens with one attached hydrogen (secondary N) is 6. The first-order valence-electron chi connectivity index (χ1n) is 42.4. The molecule has 27 heteroatoms. The summed E-state index contributed by atoms with van der Waals surface area (Å²) in [7, 11) is 0. The van der Waals surface area contributed by atoms with Crippen molar-refractivity contribution in [3.05, 3.63) is 0 Å². The summed E-state index contributed by atoms with van der Waals surface area (Å²) in [4.78, 5) is 124. The van der Waals surface area contributed by atoms with Crippen molar-refractivity contribution in [3.63, 3.8) is 0 Å². The van der Waals surface area contributed by atoms with Gasteiger partial charge in [0.15, 0.2) is 0 Å². The minimum absolute atomic E-state index is 0. The van der Waals surface area contributed by atoms with Crippen molar-refractivity contribution >= 4 is 102 Å². The van der Waals surface area contributed by atoms with Gasteiger partial charge in [-0.2, -0.15) is 11.8 Å². The molecule has 0 rings (SSSR count). The third kappa shape index (κ3) is 65.8. The number of nitrogens with two attached hydrogens (primary N) is 4. The molecule has 23 nitrogen and oxygen atoms in total. The summed E-state index contributed by atoms with van der Waals surface area (Å²) < 4.78 is 11.8. The van der Waals surface area contributed by atoms with Gasteiger partial charge in [-0.05, 0) is 122 Å². The molecule has 16 N–H and O–H groups in total. The topological polar surface area (TPSA) is 389 Å². The lowest BCUT2D eigenvalue weighted by Crippen LogP contribution is -2.60. The molecule has 0 aromatic rings. The fraction of sp³-hybridized carbons (Fsp3) is 0.889. The van der Waals surface area contributed by atoms with E-state index in [1.54, 1.807) is 0 Å². The van der Waals surface area contributed by atoms with Crippen LogP contribution in [-0.4, -0.2) is 157 Å². The number of carboxylic acids is 1. The monoisotopic (exact) mass is 1620 g/mol. The van der Waals surface area contributed by atoms with Gasteiger partial charge in [-0.3, -0.25) is 38.4 Å². The van der Waals surface area contributed by atoms with Crippen molar-refractivity contribution in [1.29, 1.82) is 0 Å². The Labute approximate surface area is 676 Å². The predicted molar refractivity (Wildman–Crippen MR) is 449 cm³/mol. The van der Waals surface area contributed by atoms with Gasteiger partial charge in [-0.1, -0.05) is 252 Å². The van der Waals surface area contributed by atoms with E-state index in [0.29, 0.717) is 83.7 Å².